The van der Waals surface area contributed by atoms with Gasteiger partial charge in [-0.25, -0.2) is 14.0 Å². The molecule has 2 atom stereocenters. The minimum absolute atomic E-state index is 0.0525. The van der Waals surface area contributed by atoms with Gasteiger partial charge in [-0.3, -0.25) is 24.9 Å². The molecule has 0 spiro atoms. The fraction of sp³-hybridized carbons (Fsp3) is 0.281. The number of quaternary nitrogens is 1. The van der Waals surface area contributed by atoms with E-state index in [1.54, 1.807) is 55.5 Å². The molecule has 13 heteroatoms. The number of anilines is 1. The first-order valence-electron chi connectivity index (χ1n) is 13.7. The summed E-state index contributed by atoms with van der Waals surface area (Å²) in [5.74, 6) is -1.09. The van der Waals surface area contributed by atoms with Crippen LogP contribution in [0.5, 0.6) is 0 Å². The lowest BCUT2D eigenvalue weighted by atomic mass is 9.88. The predicted molar refractivity (Wildman–Crippen MR) is 163 cm³/mol. The Hall–Kier alpha value is -5.32. The van der Waals surface area contributed by atoms with Crippen molar-refractivity contribution in [1.82, 2.24) is 4.90 Å². The number of nitrogens with two attached hydrogens (primary N) is 1. The number of nitriles is 1. The minimum atomic E-state index is -1.68. The maximum Gasteiger partial charge on any atom is 0.338 e. The Bertz CT molecular complexity index is 1620. The summed E-state index contributed by atoms with van der Waals surface area (Å²) in [6, 6.07) is 11.3. The standard InChI is InChI=1S/C30H31FN6O4.C2H4O2/c1-18-25(27(39)41-4)26(24-9-8-19(14-32)12-21(24)16-35-11-10-20(15-35)17-38)37(29(34)40)28(33)36(18)23-7-5-6-22(13-23)30(2,3)31;1-4-2-3/h5-13,15,26,33,38H,16-17H2,1-4H3,(H2,34,40);2H,1H3/p+1/t26-;/m1./s1. The number of benzene rings is 2. The summed E-state index contributed by atoms with van der Waals surface area (Å²) in [6.45, 7) is 4.99. The number of guanidine groups is 1. The molecule has 2 aromatic carbocycles. The smallest absolute Gasteiger partial charge is 0.338 e. The zero-order chi connectivity index (χ0) is 33.5. The number of ether oxygens (including phenoxy) is 2. The van der Waals surface area contributed by atoms with Crippen LogP contribution in [-0.4, -0.2) is 55.3 Å². The van der Waals surface area contributed by atoms with E-state index >= 15 is 0 Å². The summed E-state index contributed by atoms with van der Waals surface area (Å²) in [4.78, 5) is 38.5. The molecule has 0 aliphatic carbocycles. The lowest BCUT2D eigenvalue weighted by Crippen LogP contribution is -3.00. The molecule has 0 fully saturated rings. The molecule has 0 saturated heterocycles. The topological polar surface area (TPSA) is 174 Å². The van der Waals surface area contributed by atoms with Crippen LogP contribution in [0.2, 0.25) is 0 Å². The van der Waals surface area contributed by atoms with E-state index in [4.69, 9.17) is 20.7 Å². The SMILES string of the molecule is COC(=O)C1=C(C)N(c2cccc(C(C)(C)F)c2)C(=N)N(C(N)=O)[C@@H]1c1ccc(C#N)cc1C[NH+]1C=CC(CO)=C1.COC=O. The highest BCUT2D eigenvalue weighted by Crippen LogP contribution is 2.41. The van der Waals surface area contributed by atoms with Crippen molar-refractivity contribution in [3.63, 3.8) is 0 Å². The van der Waals surface area contributed by atoms with E-state index in [-0.39, 0.29) is 18.1 Å². The first-order chi connectivity index (χ1) is 21.3. The van der Waals surface area contributed by atoms with Gasteiger partial charge in [0, 0.05) is 28.6 Å². The third-order valence-electron chi connectivity index (χ3n) is 7.25. The Morgan fingerprint density at radius 1 is 1.24 bits per heavy atom. The molecule has 2 aromatic rings. The Labute approximate surface area is 260 Å². The van der Waals surface area contributed by atoms with Crippen LogP contribution < -0.4 is 15.5 Å². The number of carbonyl (C=O) groups is 3. The molecule has 236 valence electrons. The van der Waals surface area contributed by atoms with E-state index in [1.807, 2.05) is 12.4 Å². The largest absolute Gasteiger partial charge is 0.471 e. The van der Waals surface area contributed by atoms with E-state index < -0.39 is 23.7 Å². The zero-order valence-electron chi connectivity index (χ0n) is 25.6. The van der Waals surface area contributed by atoms with Crippen molar-refractivity contribution in [3.8, 4) is 6.07 Å². The number of carbonyl (C=O) groups excluding carboxylic acids is 3. The number of primary amides is 1. The number of allylic oxidation sites excluding steroid dienone is 1. The molecule has 0 saturated carbocycles. The normalized spacial score (nSPS) is 17.6. The Kier molecular flexibility index (Phi) is 11.0. The van der Waals surface area contributed by atoms with Gasteiger partial charge in [0.25, 0.3) is 6.47 Å². The number of halogens is 1. The summed E-state index contributed by atoms with van der Waals surface area (Å²) < 4.78 is 23.8. The van der Waals surface area contributed by atoms with E-state index in [9.17, 15) is 24.3 Å². The van der Waals surface area contributed by atoms with Gasteiger partial charge in [-0.1, -0.05) is 18.2 Å². The van der Waals surface area contributed by atoms with E-state index in [2.05, 4.69) is 10.8 Å². The molecule has 45 heavy (non-hydrogen) atoms. The third kappa shape index (κ3) is 7.43. The lowest BCUT2D eigenvalue weighted by molar-refractivity contribution is -0.803. The van der Waals surface area contributed by atoms with Crippen molar-refractivity contribution < 1.29 is 38.3 Å². The number of rotatable bonds is 8. The van der Waals surface area contributed by atoms with Crippen molar-refractivity contribution in [2.24, 2.45) is 5.73 Å². The third-order valence-corrected chi connectivity index (χ3v) is 7.25. The highest BCUT2D eigenvalue weighted by Gasteiger charge is 2.44. The molecule has 2 aliphatic rings. The molecule has 12 nitrogen and oxygen atoms in total. The van der Waals surface area contributed by atoms with Gasteiger partial charge in [0.2, 0.25) is 5.96 Å². The quantitative estimate of drug-likeness (QED) is 0.258. The van der Waals surface area contributed by atoms with Gasteiger partial charge in [0.1, 0.15) is 24.5 Å². The molecule has 0 radical (unpaired) electrons. The Morgan fingerprint density at radius 2 is 1.93 bits per heavy atom. The van der Waals surface area contributed by atoms with Crippen LogP contribution in [-0.2, 0) is 31.3 Å². The average Bonchev–Trinajstić information content (AvgIpc) is 3.47. The van der Waals surface area contributed by atoms with Gasteiger partial charge in [0.15, 0.2) is 0 Å². The van der Waals surface area contributed by atoms with Gasteiger partial charge < -0.3 is 20.3 Å². The lowest BCUT2D eigenvalue weighted by Gasteiger charge is -2.43. The number of aliphatic hydroxyl groups excluding tert-OH is 1. The highest BCUT2D eigenvalue weighted by atomic mass is 19.1. The monoisotopic (exact) mass is 619 g/mol. The van der Waals surface area contributed by atoms with Gasteiger partial charge in [-0.15, -0.1) is 0 Å². The van der Waals surface area contributed by atoms with Crippen LogP contribution in [0.1, 0.15) is 49.1 Å². The summed E-state index contributed by atoms with van der Waals surface area (Å²) >= 11 is 0. The Balaban J connectivity index is 0.00000130. The second-order valence-corrected chi connectivity index (χ2v) is 10.6. The molecule has 5 N–H and O–H groups in total. The van der Waals surface area contributed by atoms with Crippen LogP contribution in [0, 0.1) is 16.7 Å². The zero-order valence-corrected chi connectivity index (χ0v) is 25.6. The minimum Gasteiger partial charge on any atom is -0.471 e. The second kappa shape index (κ2) is 14.4. The predicted octanol–water partition coefficient (Wildman–Crippen LogP) is 2.66. The number of hydrogen-bond donors (Lipinski definition) is 4. The molecule has 2 amide bonds. The van der Waals surface area contributed by atoms with Crippen molar-refractivity contribution in [3.05, 3.63) is 100 Å². The van der Waals surface area contributed by atoms with Crippen molar-refractivity contribution in [2.75, 3.05) is 25.7 Å². The van der Waals surface area contributed by atoms with E-state index in [0.29, 0.717) is 46.7 Å². The second-order valence-electron chi connectivity index (χ2n) is 10.6. The van der Waals surface area contributed by atoms with Gasteiger partial charge in [-0.2, -0.15) is 5.26 Å². The maximum absolute atomic E-state index is 14.8. The van der Waals surface area contributed by atoms with Crippen molar-refractivity contribution in [1.29, 1.82) is 10.7 Å². The number of esters is 1. The van der Waals surface area contributed by atoms with Crippen LogP contribution in [0.25, 0.3) is 0 Å². The summed E-state index contributed by atoms with van der Waals surface area (Å²) in [5.41, 5.74) is 7.39. The number of amides is 2. The van der Waals surface area contributed by atoms with Crippen LogP contribution in [0.15, 0.2) is 77.8 Å². The van der Waals surface area contributed by atoms with Crippen LogP contribution >= 0.6 is 0 Å². The number of hydrogen-bond acceptors (Lipinski definition) is 8. The summed E-state index contributed by atoms with van der Waals surface area (Å²) in [5, 5.41) is 28.2. The number of urea groups is 1. The molecule has 2 heterocycles. The summed E-state index contributed by atoms with van der Waals surface area (Å²) in [6.07, 6.45) is 5.44. The Morgan fingerprint density at radius 3 is 2.47 bits per heavy atom. The van der Waals surface area contributed by atoms with E-state index in [0.717, 1.165) is 15.4 Å². The molecular weight excluding hydrogens is 583 g/mol. The van der Waals surface area contributed by atoms with Crippen LogP contribution in [0.4, 0.5) is 14.9 Å². The number of methoxy groups -OCH3 is 2. The summed E-state index contributed by atoms with van der Waals surface area (Å²) in [7, 11) is 2.53. The van der Waals surface area contributed by atoms with Gasteiger partial charge in [-0.05, 0) is 56.2 Å². The first kappa shape index (κ1) is 34.2. The van der Waals surface area contributed by atoms with E-state index in [1.165, 1.54) is 33.0 Å². The van der Waals surface area contributed by atoms with Gasteiger partial charge in [0.05, 0.1) is 44.2 Å². The molecule has 0 bridgehead atoms. The fourth-order valence-electron chi connectivity index (χ4n) is 5.13. The molecule has 4 rings (SSSR count). The molecule has 1 unspecified atom stereocenters. The fourth-order valence-corrected chi connectivity index (χ4v) is 5.13. The number of nitrogens with zero attached hydrogens (tertiary/aromatic N) is 3. The van der Waals surface area contributed by atoms with Gasteiger partial charge >= 0.3 is 12.0 Å². The number of alkyl halides is 1. The number of aliphatic hydroxyl groups is 1. The van der Waals surface area contributed by atoms with Crippen molar-refractivity contribution >= 4 is 30.1 Å². The average molecular weight is 620 g/mol. The van der Waals surface area contributed by atoms with Crippen molar-refractivity contribution in [2.45, 2.75) is 39.0 Å². The first-order valence-corrected chi connectivity index (χ1v) is 13.7. The van der Waals surface area contributed by atoms with Crippen LogP contribution in [0.3, 0.4) is 0 Å². The number of nitrogens with one attached hydrogen (secondary N) is 2. The highest BCUT2D eigenvalue weighted by molar-refractivity contribution is 6.10. The molecule has 0 aromatic heterocycles. The molecule has 2 aliphatic heterocycles. The maximum atomic E-state index is 14.8. The molecular formula is C32H36FN6O6+.